The zero-order valence-corrected chi connectivity index (χ0v) is 14.9. The molecular weight excluding hydrogens is 349 g/mol. The number of benzene rings is 1. The van der Waals surface area contributed by atoms with Crippen molar-refractivity contribution in [1.82, 2.24) is 9.62 Å². The largest absolute Gasteiger partial charge is 0.506 e. The van der Waals surface area contributed by atoms with E-state index in [9.17, 15) is 18.3 Å². The SMILES string of the molecule is CCCCCN1CCc2cc(O)c(N3CC(=O)NS3(=O)=O)c(F)c2C1. The van der Waals surface area contributed by atoms with Crippen molar-refractivity contribution >= 4 is 21.8 Å². The zero-order valence-electron chi connectivity index (χ0n) is 14.1. The molecule has 7 nitrogen and oxygen atoms in total. The Morgan fingerprint density at radius 1 is 1.32 bits per heavy atom. The average Bonchev–Trinajstić information content (AvgIpc) is 2.81. The third-order valence-corrected chi connectivity index (χ3v) is 6.02. The van der Waals surface area contributed by atoms with E-state index in [1.807, 2.05) is 0 Å². The Bertz CT molecular complexity index is 797. The van der Waals surface area contributed by atoms with Gasteiger partial charge in [-0.2, -0.15) is 8.42 Å². The van der Waals surface area contributed by atoms with Gasteiger partial charge in [-0.3, -0.25) is 9.69 Å². The van der Waals surface area contributed by atoms with Crippen LogP contribution in [-0.2, 0) is 28.0 Å². The summed E-state index contributed by atoms with van der Waals surface area (Å²) in [6.45, 7) is 3.58. The second kappa shape index (κ2) is 6.80. The monoisotopic (exact) mass is 371 g/mol. The number of phenolic OH excluding ortho intramolecular Hbond substituents is 1. The van der Waals surface area contributed by atoms with Crippen LogP contribution in [-0.4, -0.2) is 44.0 Å². The molecule has 25 heavy (non-hydrogen) atoms. The van der Waals surface area contributed by atoms with Gasteiger partial charge in [0.15, 0.2) is 5.82 Å². The number of hydrogen-bond donors (Lipinski definition) is 2. The molecule has 0 bridgehead atoms. The summed E-state index contributed by atoms with van der Waals surface area (Å²) >= 11 is 0. The van der Waals surface area contributed by atoms with Gasteiger partial charge in [0.25, 0.3) is 5.91 Å². The first kappa shape index (κ1) is 17.9. The third kappa shape index (κ3) is 3.43. The fraction of sp³-hybridized carbons (Fsp3) is 0.562. The van der Waals surface area contributed by atoms with Gasteiger partial charge in [-0.25, -0.2) is 13.4 Å². The smallest absolute Gasteiger partial charge is 0.326 e. The van der Waals surface area contributed by atoms with E-state index in [2.05, 4.69) is 11.8 Å². The van der Waals surface area contributed by atoms with Crippen LogP contribution in [0.4, 0.5) is 10.1 Å². The predicted octanol–water partition coefficient (Wildman–Crippen LogP) is 1.26. The Morgan fingerprint density at radius 2 is 2.08 bits per heavy atom. The molecule has 0 saturated carbocycles. The van der Waals surface area contributed by atoms with Crippen LogP contribution in [0.1, 0.15) is 37.3 Å². The number of carbonyl (C=O) groups excluding carboxylic acids is 1. The average molecular weight is 371 g/mol. The summed E-state index contributed by atoms with van der Waals surface area (Å²) < 4.78 is 41.4. The lowest BCUT2D eigenvalue weighted by molar-refractivity contribution is -0.117. The number of rotatable bonds is 5. The molecule has 138 valence electrons. The second-order valence-corrected chi connectivity index (χ2v) is 8.06. The minimum absolute atomic E-state index is 0.368. The molecule has 2 aliphatic rings. The minimum Gasteiger partial charge on any atom is -0.506 e. The summed E-state index contributed by atoms with van der Waals surface area (Å²) in [5.74, 6) is -1.98. The Balaban J connectivity index is 1.93. The number of anilines is 1. The fourth-order valence-corrected chi connectivity index (χ4v) is 4.52. The second-order valence-electron chi connectivity index (χ2n) is 6.47. The lowest BCUT2D eigenvalue weighted by atomic mass is 9.97. The van der Waals surface area contributed by atoms with Gasteiger partial charge >= 0.3 is 10.2 Å². The summed E-state index contributed by atoms with van der Waals surface area (Å²) in [6, 6.07) is 1.41. The molecule has 2 aliphatic heterocycles. The lowest BCUT2D eigenvalue weighted by Gasteiger charge is -2.30. The number of nitrogens with zero attached hydrogens (tertiary/aromatic N) is 2. The van der Waals surface area contributed by atoms with Crippen molar-refractivity contribution < 1.29 is 22.7 Å². The number of hydrogen-bond acceptors (Lipinski definition) is 5. The molecule has 1 saturated heterocycles. The van der Waals surface area contributed by atoms with Crippen LogP contribution >= 0.6 is 0 Å². The maximum Gasteiger partial charge on any atom is 0.326 e. The van der Waals surface area contributed by atoms with Crippen molar-refractivity contribution in [2.45, 2.75) is 39.2 Å². The van der Waals surface area contributed by atoms with Gasteiger partial charge in [0.2, 0.25) is 0 Å². The zero-order chi connectivity index (χ0) is 18.2. The van der Waals surface area contributed by atoms with Crippen molar-refractivity contribution in [3.05, 3.63) is 23.0 Å². The van der Waals surface area contributed by atoms with Gasteiger partial charge in [0.1, 0.15) is 18.0 Å². The summed E-state index contributed by atoms with van der Waals surface area (Å²) in [7, 11) is -4.17. The predicted molar refractivity (Wildman–Crippen MR) is 91.0 cm³/mol. The Labute approximate surface area is 146 Å². The van der Waals surface area contributed by atoms with Crippen LogP contribution < -0.4 is 9.03 Å². The molecule has 3 rings (SSSR count). The molecular formula is C16H22FN3O4S. The van der Waals surface area contributed by atoms with Gasteiger partial charge in [0.05, 0.1) is 0 Å². The number of aromatic hydroxyl groups is 1. The van der Waals surface area contributed by atoms with E-state index >= 15 is 4.39 Å². The summed E-state index contributed by atoms with van der Waals surface area (Å²) in [5.41, 5.74) is 0.624. The number of halogens is 1. The third-order valence-electron chi connectivity index (χ3n) is 4.64. The molecule has 1 amide bonds. The minimum atomic E-state index is -4.17. The fourth-order valence-electron chi connectivity index (χ4n) is 3.35. The van der Waals surface area contributed by atoms with Crippen LogP contribution in [0.15, 0.2) is 6.07 Å². The number of amides is 1. The van der Waals surface area contributed by atoms with Gasteiger partial charge in [0, 0.05) is 18.7 Å². The van der Waals surface area contributed by atoms with Crippen molar-refractivity contribution in [2.75, 3.05) is 23.9 Å². The summed E-state index contributed by atoms with van der Waals surface area (Å²) in [5, 5.41) is 10.2. The number of unbranched alkanes of at least 4 members (excludes halogenated alkanes) is 2. The van der Waals surface area contributed by atoms with E-state index in [0.29, 0.717) is 28.4 Å². The first-order valence-corrected chi connectivity index (χ1v) is 9.86. The van der Waals surface area contributed by atoms with Gasteiger partial charge in [-0.15, -0.1) is 0 Å². The molecule has 1 aromatic carbocycles. The molecule has 2 heterocycles. The maximum absolute atomic E-state index is 15.1. The topological polar surface area (TPSA) is 89.9 Å². The van der Waals surface area contributed by atoms with Crippen LogP contribution in [0.5, 0.6) is 5.75 Å². The molecule has 0 aliphatic carbocycles. The molecule has 0 radical (unpaired) electrons. The normalized spacial score (nSPS) is 19.8. The standard InChI is InChI=1S/C16H22FN3O4S/c1-2-3-4-6-19-7-5-11-8-13(21)16(15(17)12(11)9-19)20-10-14(22)18-25(20,23)24/h8,21H,2-7,9-10H2,1H3,(H,18,22). The van der Waals surface area contributed by atoms with Crippen LogP contribution in [0.3, 0.4) is 0 Å². The highest BCUT2D eigenvalue weighted by Crippen LogP contribution is 2.38. The summed E-state index contributed by atoms with van der Waals surface area (Å²) in [4.78, 5) is 13.5. The first-order chi connectivity index (χ1) is 11.8. The van der Waals surface area contributed by atoms with Crippen molar-refractivity contribution in [1.29, 1.82) is 0 Å². The molecule has 0 atom stereocenters. The van der Waals surface area contributed by atoms with Gasteiger partial charge in [-0.05, 0) is 31.0 Å². The van der Waals surface area contributed by atoms with E-state index in [4.69, 9.17) is 0 Å². The molecule has 9 heteroatoms. The molecule has 2 N–H and O–H groups in total. The highest BCUT2D eigenvalue weighted by atomic mass is 32.2. The van der Waals surface area contributed by atoms with Crippen molar-refractivity contribution in [3.63, 3.8) is 0 Å². The van der Waals surface area contributed by atoms with Gasteiger partial charge < -0.3 is 5.11 Å². The number of phenols is 1. The van der Waals surface area contributed by atoms with Crippen LogP contribution in [0, 0.1) is 5.82 Å². The van der Waals surface area contributed by atoms with E-state index in [1.165, 1.54) is 6.07 Å². The van der Waals surface area contributed by atoms with E-state index in [1.54, 1.807) is 4.72 Å². The molecule has 0 spiro atoms. The number of carbonyl (C=O) groups is 1. The van der Waals surface area contributed by atoms with Gasteiger partial charge in [-0.1, -0.05) is 19.8 Å². The molecule has 1 aromatic rings. The van der Waals surface area contributed by atoms with Crippen molar-refractivity contribution in [2.24, 2.45) is 0 Å². The highest BCUT2D eigenvalue weighted by molar-refractivity contribution is 7.92. The molecule has 1 fully saturated rings. The Kier molecular flexibility index (Phi) is 4.88. The van der Waals surface area contributed by atoms with Crippen LogP contribution in [0.25, 0.3) is 0 Å². The Hall–Kier alpha value is -1.87. The molecule has 0 unspecified atom stereocenters. The number of nitrogens with one attached hydrogen (secondary N) is 1. The van der Waals surface area contributed by atoms with E-state index in [-0.39, 0.29) is 0 Å². The lowest BCUT2D eigenvalue weighted by Crippen LogP contribution is -2.34. The Morgan fingerprint density at radius 3 is 2.72 bits per heavy atom. The highest BCUT2D eigenvalue weighted by Gasteiger charge is 2.38. The quantitative estimate of drug-likeness (QED) is 0.761. The molecule has 0 aromatic heterocycles. The van der Waals surface area contributed by atoms with E-state index in [0.717, 1.165) is 32.4 Å². The summed E-state index contributed by atoms with van der Waals surface area (Å²) in [6.07, 6.45) is 3.82. The van der Waals surface area contributed by atoms with Crippen LogP contribution in [0.2, 0.25) is 0 Å². The number of fused-ring (bicyclic) bond motifs is 1. The van der Waals surface area contributed by atoms with Crippen molar-refractivity contribution in [3.8, 4) is 5.75 Å². The maximum atomic E-state index is 15.1. The van der Waals surface area contributed by atoms with E-state index < -0.39 is 39.9 Å². The first-order valence-electron chi connectivity index (χ1n) is 8.42.